The Bertz CT molecular complexity index is 220. The van der Waals surface area contributed by atoms with E-state index in [1.165, 1.54) is 25.7 Å². The maximum Gasteiger partial charge on any atom is 0.221 e. The first-order chi connectivity index (χ1) is 7.56. The van der Waals surface area contributed by atoms with Crippen LogP contribution in [0.25, 0.3) is 0 Å². The van der Waals surface area contributed by atoms with E-state index in [2.05, 4.69) is 24.5 Å². The van der Waals surface area contributed by atoms with Crippen molar-refractivity contribution in [1.82, 2.24) is 10.6 Å². The van der Waals surface area contributed by atoms with Crippen LogP contribution in [-0.4, -0.2) is 26.0 Å². The number of hydrogen-bond donors (Lipinski definition) is 2. The van der Waals surface area contributed by atoms with Crippen molar-refractivity contribution < 1.29 is 4.79 Å². The molecule has 3 nitrogen and oxygen atoms in total. The van der Waals surface area contributed by atoms with Gasteiger partial charge in [-0.05, 0) is 31.2 Å². The van der Waals surface area contributed by atoms with Crippen LogP contribution in [0.5, 0.6) is 0 Å². The van der Waals surface area contributed by atoms with Crippen LogP contribution in [0.2, 0.25) is 0 Å². The van der Waals surface area contributed by atoms with Crippen LogP contribution in [0.15, 0.2) is 0 Å². The Balaban J connectivity index is 2.26. The molecule has 1 saturated carbocycles. The monoisotopic (exact) mass is 226 g/mol. The molecule has 1 fully saturated rings. The third-order valence-corrected chi connectivity index (χ3v) is 3.80. The molecule has 1 aliphatic rings. The normalized spacial score (nSPS) is 17.7. The average molecular weight is 226 g/mol. The van der Waals surface area contributed by atoms with Gasteiger partial charge in [0, 0.05) is 19.5 Å². The first-order valence-corrected chi connectivity index (χ1v) is 6.47. The molecule has 0 atom stereocenters. The average Bonchev–Trinajstić information content (AvgIpc) is 2.77. The molecule has 1 amide bonds. The third-order valence-electron chi connectivity index (χ3n) is 3.80. The standard InChI is InChI=1S/C13H26N2O/c1-13(2,11-6-4-5-7-11)10-15-12(16)8-9-14-3/h11,14H,4-10H2,1-3H3,(H,15,16). The Morgan fingerprint density at radius 1 is 1.31 bits per heavy atom. The van der Waals surface area contributed by atoms with Crippen molar-refractivity contribution in [3.05, 3.63) is 0 Å². The van der Waals surface area contributed by atoms with E-state index in [4.69, 9.17) is 0 Å². The van der Waals surface area contributed by atoms with Crippen molar-refractivity contribution in [2.75, 3.05) is 20.1 Å². The molecule has 0 spiro atoms. The molecular formula is C13H26N2O. The third kappa shape index (κ3) is 4.12. The Morgan fingerprint density at radius 3 is 2.50 bits per heavy atom. The second kappa shape index (κ2) is 6.24. The smallest absolute Gasteiger partial charge is 0.221 e. The van der Waals surface area contributed by atoms with Gasteiger partial charge < -0.3 is 10.6 Å². The van der Waals surface area contributed by atoms with Crippen molar-refractivity contribution >= 4 is 5.91 Å². The van der Waals surface area contributed by atoms with Gasteiger partial charge in [-0.2, -0.15) is 0 Å². The molecule has 0 radical (unpaired) electrons. The molecule has 1 rings (SSSR count). The predicted octanol–water partition coefficient (Wildman–Crippen LogP) is 1.93. The fourth-order valence-electron chi connectivity index (χ4n) is 2.50. The van der Waals surface area contributed by atoms with Crippen LogP contribution < -0.4 is 10.6 Å². The molecule has 0 saturated heterocycles. The van der Waals surface area contributed by atoms with Crippen molar-refractivity contribution in [3.63, 3.8) is 0 Å². The molecule has 2 N–H and O–H groups in total. The second-order valence-electron chi connectivity index (χ2n) is 5.60. The SMILES string of the molecule is CNCCC(=O)NCC(C)(C)C1CCCC1. The first-order valence-electron chi connectivity index (χ1n) is 6.47. The number of carbonyl (C=O) groups is 1. The highest BCUT2D eigenvalue weighted by Crippen LogP contribution is 2.38. The molecule has 3 heteroatoms. The van der Waals surface area contributed by atoms with Crippen molar-refractivity contribution in [1.29, 1.82) is 0 Å². The number of hydrogen-bond acceptors (Lipinski definition) is 2. The minimum absolute atomic E-state index is 0.167. The molecule has 0 aromatic rings. The molecule has 94 valence electrons. The lowest BCUT2D eigenvalue weighted by molar-refractivity contribution is -0.121. The summed E-state index contributed by atoms with van der Waals surface area (Å²) >= 11 is 0. The highest BCUT2D eigenvalue weighted by atomic mass is 16.1. The minimum Gasteiger partial charge on any atom is -0.356 e. The summed E-state index contributed by atoms with van der Waals surface area (Å²) in [5, 5.41) is 6.05. The molecule has 0 bridgehead atoms. The summed E-state index contributed by atoms with van der Waals surface area (Å²) in [6.07, 6.45) is 5.97. The molecular weight excluding hydrogens is 200 g/mol. The molecule has 0 aromatic heterocycles. The van der Waals surface area contributed by atoms with Crippen molar-refractivity contribution in [2.24, 2.45) is 11.3 Å². The fraction of sp³-hybridized carbons (Fsp3) is 0.923. The van der Waals surface area contributed by atoms with Gasteiger partial charge in [-0.1, -0.05) is 26.7 Å². The number of carbonyl (C=O) groups excluding carboxylic acids is 1. The molecule has 0 aliphatic heterocycles. The van der Waals surface area contributed by atoms with Gasteiger partial charge in [-0.3, -0.25) is 4.79 Å². The molecule has 16 heavy (non-hydrogen) atoms. The van der Waals surface area contributed by atoms with Crippen LogP contribution in [0.1, 0.15) is 46.0 Å². The van der Waals surface area contributed by atoms with Crippen LogP contribution in [0.4, 0.5) is 0 Å². The van der Waals surface area contributed by atoms with Gasteiger partial charge >= 0.3 is 0 Å². The molecule has 0 heterocycles. The Labute approximate surface area is 99.4 Å². The number of nitrogens with one attached hydrogen (secondary N) is 2. The van der Waals surface area contributed by atoms with E-state index in [0.29, 0.717) is 6.42 Å². The van der Waals surface area contributed by atoms with E-state index < -0.39 is 0 Å². The minimum atomic E-state index is 0.167. The fourth-order valence-corrected chi connectivity index (χ4v) is 2.50. The molecule has 0 unspecified atom stereocenters. The van der Waals surface area contributed by atoms with Crippen LogP contribution in [0, 0.1) is 11.3 Å². The van der Waals surface area contributed by atoms with Gasteiger partial charge in [0.05, 0.1) is 0 Å². The summed E-state index contributed by atoms with van der Waals surface area (Å²) in [5.41, 5.74) is 0.256. The van der Waals surface area contributed by atoms with Gasteiger partial charge in [0.25, 0.3) is 0 Å². The van der Waals surface area contributed by atoms with Gasteiger partial charge in [0.15, 0.2) is 0 Å². The lowest BCUT2D eigenvalue weighted by Gasteiger charge is -2.31. The van der Waals surface area contributed by atoms with Gasteiger partial charge in [-0.25, -0.2) is 0 Å². The lowest BCUT2D eigenvalue weighted by Crippen LogP contribution is -2.38. The summed E-state index contributed by atoms with van der Waals surface area (Å²) in [4.78, 5) is 11.5. The largest absolute Gasteiger partial charge is 0.356 e. The summed E-state index contributed by atoms with van der Waals surface area (Å²) in [5.74, 6) is 0.956. The van der Waals surface area contributed by atoms with Gasteiger partial charge in [0.1, 0.15) is 0 Å². The molecule has 0 aromatic carbocycles. The number of rotatable bonds is 6. The second-order valence-corrected chi connectivity index (χ2v) is 5.60. The Hall–Kier alpha value is -0.570. The predicted molar refractivity (Wildman–Crippen MR) is 67.3 cm³/mol. The highest BCUT2D eigenvalue weighted by Gasteiger charge is 2.31. The maximum atomic E-state index is 11.5. The van der Waals surface area contributed by atoms with E-state index in [0.717, 1.165) is 19.0 Å². The number of amides is 1. The lowest BCUT2D eigenvalue weighted by atomic mass is 9.77. The summed E-state index contributed by atoms with van der Waals surface area (Å²) in [7, 11) is 1.87. The summed E-state index contributed by atoms with van der Waals surface area (Å²) < 4.78 is 0. The van der Waals surface area contributed by atoms with E-state index in [1.807, 2.05) is 7.05 Å². The van der Waals surface area contributed by atoms with Crippen LogP contribution >= 0.6 is 0 Å². The van der Waals surface area contributed by atoms with E-state index in [9.17, 15) is 4.79 Å². The Kier molecular flexibility index (Phi) is 5.26. The van der Waals surface area contributed by atoms with E-state index in [-0.39, 0.29) is 11.3 Å². The summed E-state index contributed by atoms with van der Waals surface area (Å²) in [6, 6.07) is 0. The maximum absolute atomic E-state index is 11.5. The Morgan fingerprint density at radius 2 is 1.94 bits per heavy atom. The van der Waals surface area contributed by atoms with Crippen LogP contribution in [-0.2, 0) is 4.79 Å². The zero-order valence-corrected chi connectivity index (χ0v) is 10.9. The summed E-state index contributed by atoms with van der Waals surface area (Å²) in [6.45, 7) is 6.14. The van der Waals surface area contributed by atoms with Crippen molar-refractivity contribution in [2.45, 2.75) is 46.0 Å². The van der Waals surface area contributed by atoms with Gasteiger partial charge in [-0.15, -0.1) is 0 Å². The molecule has 1 aliphatic carbocycles. The van der Waals surface area contributed by atoms with E-state index >= 15 is 0 Å². The highest BCUT2D eigenvalue weighted by molar-refractivity contribution is 5.76. The van der Waals surface area contributed by atoms with E-state index in [1.54, 1.807) is 0 Å². The quantitative estimate of drug-likeness (QED) is 0.726. The topological polar surface area (TPSA) is 41.1 Å². The zero-order valence-electron chi connectivity index (χ0n) is 10.9. The first kappa shape index (κ1) is 13.5. The van der Waals surface area contributed by atoms with Crippen molar-refractivity contribution in [3.8, 4) is 0 Å². The van der Waals surface area contributed by atoms with Crippen LogP contribution in [0.3, 0.4) is 0 Å². The zero-order chi connectivity index (χ0) is 12.0. The van der Waals surface area contributed by atoms with Gasteiger partial charge in [0.2, 0.25) is 5.91 Å².